The van der Waals surface area contributed by atoms with Gasteiger partial charge in [0, 0.05) is 38.9 Å². The Balaban J connectivity index is 2.19. The molecule has 0 saturated carbocycles. The Morgan fingerprint density at radius 3 is 2.56 bits per heavy atom. The first-order valence-electron chi connectivity index (χ1n) is 8.13. The molecule has 0 atom stereocenters. The number of anilines is 2. The lowest BCUT2D eigenvalue weighted by molar-refractivity contribution is 0.839. The van der Waals surface area contributed by atoms with Crippen LogP contribution in [0.1, 0.15) is 13.8 Å². The Bertz CT molecular complexity index is 960. The van der Waals surface area contributed by atoms with Crippen molar-refractivity contribution in [3.05, 3.63) is 41.1 Å². The molecule has 0 radical (unpaired) electrons. The predicted molar refractivity (Wildman–Crippen MR) is 101 cm³/mol. The highest BCUT2D eigenvalue weighted by atomic mass is 16.1. The highest BCUT2D eigenvalue weighted by molar-refractivity contribution is 5.91. The molecule has 7 heteroatoms. The number of aromatic nitrogens is 4. The Morgan fingerprint density at radius 2 is 1.96 bits per heavy atom. The molecule has 3 aromatic rings. The molecular formula is C18H22N6O. The SMILES string of the molecule is CC(C)Nc1nc(-c2ccc(N(C)C)nc2)cc2ncn(C)c(=O)c12. The first kappa shape index (κ1) is 16.9. The molecule has 0 aromatic carbocycles. The third-order valence-electron chi connectivity index (χ3n) is 3.83. The maximum Gasteiger partial charge on any atom is 0.264 e. The quantitative estimate of drug-likeness (QED) is 0.786. The number of hydrogen-bond donors (Lipinski definition) is 1. The topological polar surface area (TPSA) is 75.9 Å². The molecular weight excluding hydrogens is 316 g/mol. The van der Waals surface area contributed by atoms with Gasteiger partial charge in [0.25, 0.3) is 5.56 Å². The van der Waals surface area contributed by atoms with E-state index in [1.807, 2.05) is 51.0 Å². The molecule has 0 aliphatic rings. The smallest absolute Gasteiger partial charge is 0.264 e. The summed E-state index contributed by atoms with van der Waals surface area (Å²) in [4.78, 5) is 28.0. The van der Waals surface area contributed by atoms with Gasteiger partial charge in [-0.25, -0.2) is 15.0 Å². The van der Waals surface area contributed by atoms with Crippen LogP contribution in [0.15, 0.2) is 35.5 Å². The van der Waals surface area contributed by atoms with E-state index in [-0.39, 0.29) is 11.6 Å². The van der Waals surface area contributed by atoms with Gasteiger partial charge in [0.15, 0.2) is 0 Å². The van der Waals surface area contributed by atoms with E-state index in [4.69, 9.17) is 0 Å². The van der Waals surface area contributed by atoms with Crippen molar-refractivity contribution in [2.75, 3.05) is 24.3 Å². The van der Waals surface area contributed by atoms with Crippen molar-refractivity contribution in [1.29, 1.82) is 0 Å². The summed E-state index contributed by atoms with van der Waals surface area (Å²) in [6.07, 6.45) is 3.31. The Kier molecular flexibility index (Phi) is 4.39. The Labute approximate surface area is 146 Å². The minimum atomic E-state index is -0.117. The molecule has 0 saturated heterocycles. The van der Waals surface area contributed by atoms with E-state index < -0.39 is 0 Å². The van der Waals surface area contributed by atoms with E-state index in [9.17, 15) is 4.79 Å². The van der Waals surface area contributed by atoms with Gasteiger partial charge in [0.2, 0.25) is 0 Å². The van der Waals surface area contributed by atoms with Crippen molar-refractivity contribution < 1.29 is 0 Å². The van der Waals surface area contributed by atoms with Crippen LogP contribution in [0.5, 0.6) is 0 Å². The van der Waals surface area contributed by atoms with Crippen molar-refractivity contribution >= 4 is 22.5 Å². The van der Waals surface area contributed by atoms with Crippen molar-refractivity contribution in [2.24, 2.45) is 7.05 Å². The van der Waals surface area contributed by atoms with E-state index in [0.717, 1.165) is 17.1 Å². The fraction of sp³-hybridized carbons (Fsp3) is 0.333. The number of nitrogens with zero attached hydrogens (tertiary/aromatic N) is 5. The molecule has 7 nitrogen and oxygen atoms in total. The average molecular weight is 338 g/mol. The molecule has 0 spiro atoms. The van der Waals surface area contributed by atoms with Gasteiger partial charge >= 0.3 is 0 Å². The van der Waals surface area contributed by atoms with Gasteiger partial charge in [-0.1, -0.05) is 0 Å². The zero-order chi connectivity index (χ0) is 18.1. The fourth-order valence-corrected chi connectivity index (χ4v) is 2.55. The fourth-order valence-electron chi connectivity index (χ4n) is 2.55. The first-order valence-corrected chi connectivity index (χ1v) is 8.13. The normalized spacial score (nSPS) is 11.1. The van der Waals surface area contributed by atoms with Gasteiger partial charge in [-0.05, 0) is 32.0 Å². The molecule has 1 N–H and O–H groups in total. The van der Waals surface area contributed by atoms with E-state index in [0.29, 0.717) is 16.7 Å². The van der Waals surface area contributed by atoms with Gasteiger partial charge in [-0.2, -0.15) is 0 Å². The summed E-state index contributed by atoms with van der Waals surface area (Å²) in [6.45, 7) is 4.02. The van der Waals surface area contributed by atoms with Crippen molar-refractivity contribution in [1.82, 2.24) is 19.5 Å². The molecule has 0 fully saturated rings. The molecule has 0 unspecified atom stereocenters. The summed E-state index contributed by atoms with van der Waals surface area (Å²) < 4.78 is 1.46. The van der Waals surface area contributed by atoms with E-state index >= 15 is 0 Å². The minimum Gasteiger partial charge on any atom is -0.367 e. The largest absolute Gasteiger partial charge is 0.367 e. The van der Waals surface area contributed by atoms with Crippen LogP contribution in [0.3, 0.4) is 0 Å². The van der Waals surface area contributed by atoms with Crippen LogP contribution in [-0.2, 0) is 7.05 Å². The van der Waals surface area contributed by atoms with Crippen molar-refractivity contribution in [3.8, 4) is 11.3 Å². The predicted octanol–water partition coefficient (Wildman–Crippen LogP) is 2.28. The molecule has 0 aliphatic carbocycles. The molecule has 25 heavy (non-hydrogen) atoms. The molecule has 0 aliphatic heterocycles. The van der Waals surface area contributed by atoms with Gasteiger partial charge in [-0.15, -0.1) is 0 Å². The average Bonchev–Trinajstić information content (AvgIpc) is 2.57. The van der Waals surface area contributed by atoms with Crippen LogP contribution in [0, 0.1) is 0 Å². The van der Waals surface area contributed by atoms with Gasteiger partial charge in [0.05, 0.1) is 17.5 Å². The summed E-state index contributed by atoms with van der Waals surface area (Å²) in [5.41, 5.74) is 2.11. The third-order valence-corrected chi connectivity index (χ3v) is 3.83. The molecule has 3 rings (SSSR count). The van der Waals surface area contributed by atoms with Gasteiger partial charge in [0.1, 0.15) is 17.0 Å². The second-order valence-electron chi connectivity index (χ2n) is 6.51. The molecule has 3 aromatic heterocycles. The molecule has 130 valence electrons. The van der Waals surface area contributed by atoms with E-state index in [2.05, 4.69) is 20.3 Å². The van der Waals surface area contributed by atoms with Crippen LogP contribution < -0.4 is 15.8 Å². The Hall–Kier alpha value is -2.96. The number of hydrogen-bond acceptors (Lipinski definition) is 6. The van der Waals surface area contributed by atoms with Crippen LogP contribution in [0.2, 0.25) is 0 Å². The van der Waals surface area contributed by atoms with Crippen molar-refractivity contribution in [3.63, 3.8) is 0 Å². The second-order valence-corrected chi connectivity index (χ2v) is 6.51. The molecule has 0 amide bonds. The number of fused-ring (bicyclic) bond motifs is 1. The van der Waals surface area contributed by atoms with E-state index in [1.165, 1.54) is 10.9 Å². The van der Waals surface area contributed by atoms with Gasteiger partial charge < -0.3 is 14.8 Å². The zero-order valence-corrected chi connectivity index (χ0v) is 15.1. The monoisotopic (exact) mass is 338 g/mol. The summed E-state index contributed by atoms with van der Waals surface area (Å²) in [7, 11) is 5.58. The number of aryl methyl sites for hydroxylation is 1. The second kappa shape index (κ2) is 6.51. The summed E-state index contributed by atoms with van der Waals surface area (Å²) in [6, 6.07) is 5.88. The highest BCUT2D eigenvalue weighted by Crippen LogP contribution is 2.25. The number of nitrogens with one attached hydrogen (secondary N) is 1. The Morgan fingerprint density at radius 1 is 1.20 bits per heavy atom. The first-order chi connectivity index (χ1) is 11.9. The van der Waals surface area contributed by atoms with Crippen LogP contribution in [0.25, 0.3) is 22.2 Å². The molecule has 0 bridgehead atoms. The van der Waals surface area contributed by atoms with Crippen LogP contribution in [-0.4, -0.2) is 39.7 Å². The minimum absolute atomic E-state index is 0.117. The van der Waals surface area contributed by atoms with Gasteiger partial charge in [-0.3, -0.25) is 4.79 Å². The zero-order valence-electron chi connectivity index (χ0n) is 15.1. The third kappa shape index (κ3) is 3.31. The summed E-state index contributed by atoms with van der Waals surface area (Å²) in [5.74, 6) is 1.42. The lowest BCUT2D eigenvalue weighted by Gasteiger charge is -2.14. The number of rotatable bonds is 4. The standard InChI is InChI=1S/C18H22N6O/c1-11(2)21-17-16-14(20-10-24(5)18(16)25)8-13(22-17)12-6-7-15(19-9-12)23(3)4/h6-11H,1-5H3,(H,21,22). The lowest BCUT2D eigenvalue weighted by atomic mass is 10.1. The number of pyridine rings is 2. The van der Waals surface area contributed by atoms with Crippen LogP contribution in [0.4, 0.5) is 11.6 Å². The lowest BCUT2D eigenvalue weighted by Crippen LogP contribution is -2.21. The van der Waals surface area contributed by atoms with E-state index in [1.54, 1.807) is 13.2 Å². The summed E-state index contributed by atoms with van der Waals surface area (Å²) >= 11 is 0. The maximum absolute atomic E-state index is 12.5. The summed E-state index contributed by atoms with van der Waals surface area (Å²) in [5, 5.41) is 3.76. The van der Waals surface area contributed by atoms with Crippen molar-refractivity contribution in [2.45, 2.75) is 19.9 Å². The maximum atomic E-state index is 12.5. The highest BCUT2D eigenvalue weighted by Gasteiger charge is 2.14. The van der Waals surface area contributed by atoms with Crippen LogP contribution >= 0.6 is 0 Å². The molecule has 3 heterocycles.